The van der Waals surface area contributed by atoms with Gasteiger partial charge in [-0.1, -0.05) is 13.8 Å². The highest BCUT2D eigenvalue weighted by Gasteiger charge is 2.30. The Hall–Kier alpha value is -0.320. The number of carbonyl (C=O) groups excluding carboxylic acids is 1. The highest BCUT2D eigenvalue weighted by Crippen LogP contribution is 2.23. The van der Waals surface area contributed by atoms with Gasteiger partial charge < -0.3 is 10.6 Å². The minimum atomic E-state index is 0. The average molecular weight is 304 g/mol. The van der Waals surface area contributed by atoms with Crippen molar-refractivity contribution < 1.29 is 4.79 Å². The zero-order valence-electron chi connectivity index (χ0n) is 12.9. The second-order valence-corrected chi connectivity index (χ2v) is 6.46. The number of likely N-dealkylation sites (tertiary alicyclic amines) is 2. The van der Waals surface area contributed by atoms with E-state index in [-0.39, 0.29) is 12.4 Å². The molecule has 0 aromatic carbocycles. The van der Waals surface area contributed by atoms with Crippen molar-refractivity contribution in [2.45, 2.75) is 45.6 Å². The molecule has 2 unspecified atom stereocenters. The molecule has 0 saturated carbocycles. The first kappa shape index (κ1) is 17.7. The first-order valence-electron chi connectivity index (χ1n) is 7.83. The zero-order valence-corrected chi connectivity index (χ0v) is 13.7. The van der Waals surface area contributed by atoms with Crippen LogP contribution in [-0.2, 0) is 4.79 Å². The molecule has 2 fully saturated rings. The Morgan fingerprint density at radius 3 is 2.40 bits per heavy atom. The van der Waals surface area contributed by atoms with E-state index in [1.165, 1.54) is 12.8 Å². The number of amides is 1. The Morgan fingerprint density at radius 2 is 1.80 bits per heavy atom. The number of rotatable bonds is 3. The maximum Gasteiger partial charge on any atom is 0.236 e. The first-order valence-corrected chi connectivity index (χ1v) is 7.83. The van der Waals surface area contributed by atoms with Gasteiger partial charge in [-0.05, 0) is 44.1 Å². The van der Waals surface area contributed by atoms with E-state index in [9.17, 15) is 4.79 Å². The van der Waals surface area contributed by atoms with E-state index in [0.717, 1.165) is 38.4 Å². The van der Waals surface area contributed by atoms with Crippen molar-refractivity contribution in [3.05, 3.63) is 0 Å². The van der Waals surface area contributed by atoms with Crippen LogP contribution in [0.15, 0.2) is 0 Å². The van der Waals surface area contributed by atoms with Gasteiger partial charge in [0.2, 0.25) is 5.91 Å². The molecule has 0 aromatic heterocycles. The van der Waals surface area contributed by atoms with Gasteiger partial charge in [-0.25, -0.2) is 0 Å². The van der Waals surface area contributed by atoms with Crippen molar-refractivity contribution in [1.82, 2.24) is 9.80 Å². The smallest absolute Gasteiger partial charge is 0.236 e. The standard InChI is InChI=1S/C15H29N3O.ClH/c1-12-5-8-17(9-6-12)15(19)11-18-7-3-4-13(2)14(18)10-16;/h12-14H,3-11,16H2,1-2H3;1H. The largest absolute Gasteiger partial charge is 0.342 e. The van der Waals surface area contributed by atoms with Gasteiger partial charge in [-0.3, -0.25) is 9.69 Å². The van der Waals surface area contributed by atoms with E-state index in [0.29, 0.717) is 31.0 Å². The van der Waals surface area contributed by atoms with Crippen LogP contribution in [0.25, 0.3) is 0 Å². The topological polar surface area (TPSA) is 49.6 Å². The van der Waals surface area contributed by atoms with Gasteiger partial charge in [-0.15, -0.1) is 12.4 Å². The molecule has 0 spiro atoms. The summed E-state index contributed by atoms with van der Waals surface area (Å²) in [6, 6.07) is 0.390. The lowest BCUT2D eigenvalue weighted by Crippen LogP contribution is -2.53. The van der Waals surface area contributed by atoms with Gasteiger partial charge in [0, 0.05) is 25.7 Å². The Morgan fingerprint density at radius 1 is 1.15 bits per heavy atom. The van der Waals surface area contributed by atoms with Crippen LogP contribution in [0.5, 0.6) is 0 Å². The molecule has 2 aliphatic rings. The number of piperidine rings is 2. The van der Waals surface area contributed by atoms with Crippen LogP contribution in [0, 0.1) is 11.8 Å². The van der Waals surface area contributed by atoms with E-state index in [2.05, 4.69) is 18.7 Å². The Balaban J connectivity index is 0.00000200. The van der Waals surface area contributed by atoms with E-state index in [1.807, 2.05) is 4.90 Å². The molecule has 5 heteroatoms. The molecule has 118 valence electrons. The summed E-state index contributed by atoms with van der Waals surface area (Å²) in [7, 11) is 0. The van der Waals surface area contributed by atoms with Crippen molar-refractivity contribution in [1.29, 1.82) is 0 Å². The van der Waals surface area contributed by atoms with Crippen LogP contribution in [0.2, 0.25) is 0 Å². The fourth-order valence-corrected chi connectivity index (χ4v) is 3.44. The molecule has 1 amide bonds. The van der Waals surface area contributed by atoms with Crippen LogP contribution < -0.4 is 5.73 Å². The van der Waals surface area contributed by atoms with Gasteiger partial charge in [0.15, 0.2) is 0 Å². The third kappa shape index (κ3) is 4.34. The molecule has 2 heterocycles. The predicted molar refractivity (Wildman–Crippen MR) is 85.0 cm³/mol. The lowest BCUT2D eigenvalue weighted by Gasteiger charge is -2.40. The van der Waals surface area contributed by atoms with Crippen LogP contribution in [0.3, 0.4) is 0 Å². The van der Waals surface area contributed by atoms with Crippen LogP contribution in [0.4, 0.5) is 0 Å². The fraction of sp³-hybridized carbons (Fsp3) is 0.933. The van der Waals surface area contributed by atoms with Crippen molar-refractivity contribution in [3.63, 3.8) is 0 Å². The van der Waals surface area contributed by atoms with Crippen molar-refractivity contribution in [2.24, 2.45) is 17.6 Å². The molecule has 2 N–H and O–H groups in total. The fourth-order valence-electron chi connectivity index (χ4n) is 3.44. The summed E-state index contributed by atoms with van der Waals surface area (Å²) in [5.41, 5.74) is 5.89. The normalized spacial score (nSPS) is 29.1. The van der Waals surface area contributed by atoms with E-state index in [4.69, 9.17) is 5.73 Å². The van der Waals surface area contributed by atoms with Crippen LogP contribution in [0.1, 0.15) is 39.5 Å². The summed E-state index contributed by atoms with van der Waals surface area (Å²) in [6.45, 7) is 8.69. The van der Waals surface area contributed by atoms with Crippen molar-refractivity contribution in [3.8, 4) is 0 Å². The molecule has 2 rings (SSSR count). The lowest BCUT2D eigenvalue weighted by molar-refractivity contribution is -0.135. The Kier molecular flexibility index (Phi) is 7.27. The highest BCUT2D eigenvalue weighted by atomic mass is 35.5. The quantitative estimate of drug-likeness (QED) is 0.864. The van der Waals surface area contributed by atoms with Gasteiger partial charge in [-0.2, -0.15) is 0 Å². The zero-order chi connectivity index (χ0) is 13.8. The minimum Gasteiger partial charge on any atom is -0.342 e. The second-order valence-electron chi connectivity index (χ2n) is 6.46. The van der Waals surface area contributed by atoms with Gasteiger partial charge in [0.1, 0.15) is 0 Å². The number of nitrogens with two attached hydrogens (primary N) is 1. The molecule has 2 saturated heterocycles. The molecule has 2 aliphatic heterocycles. The van der Waals surface area contributed by atoms with Gasteiger partial charge in [0.25, 0.3) is 0 Å². The molecule has 2 atom stereocenters. The lowest BCUT2D eigenvalue weighted by atomic mass is 9.90. The third-order valence-corrected chi connectivity index (χ3v) is 4.95. The summed E-state index contributed by atoms with van der Waals surface area (Å²) < 4.78 is 0. The first-order chi connectivity index (χ1) is 9.11. The van der Waals surface area contributed by atoms with E-state index >= 15 is 0 Å². The van der Waals surface area contributed by atoms with E-state index < -0.39 is 0 Å². The summed E-state index contributed by atoms with van der Waals surface area (Å²) in [6.07, 6.45) is 4.75. The second kappa shape index (κ2) is 8.20. The number of nitrogens with zero attached hydrogens (tertiary/aromatic N) is 2. The van der Waals surface area contributed by atoms with Gasteiger partial charge >= 0.3 is 0 Å². The molecule has 0 radical (unpaired) electrons. The maximum atomic E-state index is 12.4. The van der Waals surface area contributed by atoms with Crippen LogP contribution in [-0.4, -0.2) is 54.5 Å². The Labute approximate surface area is 129 Å². The SMILES string of the molecule is CC1CCN(C(=O)CN2CCCC(C)C2CN)CC1.Cl. The molecule has 0 bridgehead atoms. The minimum absolute atomic E-state index is 0. The molecule has 0 aliphatic carbocycles. The maximum absolute atomic E-state index is 12.4. The number of halogens is 1. The molecular weight excluding hydrogens is 274 g/mol. The van der Waals surface area contributed by atoms with Crippen molar-refractivity contribution >= 4 is 18.3 Å². The predicted octanol–water partition coefficient (Wildman–Crippen LogP) is 1.73. The van der Waals surface area contributed by atoms with Crippen LogP contribution >= 0.6 is 12.4 Å². The number of hydrogen-bond donors (Lipinski definition) is 1. The van der Waals surface area contributed by atoms with E-state index in [1.54, 1.807) is 0 Å². The molecule has 20 heavy (non-hydrogen) atoms. The monoisotopic (exact) mass is 303 g/mol. The van der Waals surface area contributed by atoms with Gasteiger partial charge in [0.05, 0.1) is 6.54 Å². The Bertz CT molecular complexity index is 305. The molecule has 0 aromatic rings. The summed E-state index contributed by atoms with van der Waals surface area (Å²) in [4.78, 5) is 16.7. The van der Waals surface area contributed by atoms with Crippen molar-refractivity contribution in [2.75, 3.05) is 32.7 Å². The summed E-state index contributed by atoms with van der Waals surface area (Å²) in [5, 5.41) is 0. The molecular formula is C15H30ClN3O. The summed E-state index contributed by atoms with van der Waals surface area (Å²) >= 11 is 0. The number of carbonyl (C=O) groups is 1. The highest BCUT2D eigenvalue weighted by molar-refractivity contribution is 5.85. The number of hydrogen-bond acceptors (Lipinski definition) is 3. The average Bonchev–Trinajstić information content (AvgIpc) is 2.39. The summed E-state index contributed by atoms with van der Waals surface area (Å²) in [5.74, 6) is 1.70. The third-order valence-electron chi connectivity index (χ3n) is 4.95. The molecule has 4 nitrogen and oxygen atoms in total.